The van der Waals surface area contributed by atoms with Crippen LogP contribution >= 0.6 is 0 Å². The van der Waals surface area contributed by atoms with Crippen LogP contribution in [0.25, 0.3) is 0 Å². The summed E-state index contributed by atoms with van der Waals surface area (Å²) in [5.41, 5.74) is -0.752. The van der Waals surface area contributed by atoms with Crippen LogP contribution in [0, 0.1) is 22.7 Å². The summed E-state index contributed by atoms with van der Waals surface area (Å²) in [4.78, 5) is 17.6. The molecule has 0 bridgehead atoms. The van der Waals surface area contributed by atoms with Crippen LogP contribution < -0.4 is 4.74 Å². The standard InChI is InChI=1S/C15H16FN3O2/c16-12-2-1-3-13(18-12)21-11-4-8-19(9-5-11)14(20)15(10-17)6-7-15/h1-3,11H,4-9H2. The predicted molar refractivity (Wildman–Crippen MR) is 71.7 cm³/mol. The first-order chi connectivity index (χ1) is 10.1. The van der Waals surface area contributed by atoms with Crippen molar-refractivity contribution < 1.29 is 13.9 Å². The third-order valence-electron chi connectivity index (χ3n) is 4.08. The molecule has 1 aliphatic carbocycles. The maximum absolute atomic E-state index is 13.0. The summed E-state index contributed by atoms with van der Waals surface area (Å²) in [7, 11) is 0. The third-order valence-corrected chi connectivity index (χ3v) is 4.08. The Morgan fingerprint density at radius 1 is 1.43 bits per heavy atom. The Morgan fingerprint density at radius 2 is 2.14 bits per heavy atom. The molecule has 1 amide bonds. The van der Waals surface area contributed by atoms with Crippen molar-refractivity contribution in [3.8, 4) is 11.9 Å². The van der Waals surface area contributed by atoms with E-state index in [4.69, 9.17) is 10.00 Å². The van der Waals surface area contributed by atoms with Gasteiger partial charge in [0, 0.05) is 32.0 Å². The van der Waals surface area contributed by atoms with Crippen LogP contribution in [0.1, 0.15) is 25.7 Å². The number of carbonyl (C=O) groups excluding carboxylic acids is 1. The van der Waals surface area contributed by atoms with Crippen molar-refractivity contribution >= 4 is 5.91 Å². The molecule has 0 atom stereocenters. The fourth-order valence-corrected chi connectivity index (χ4v) is 2.60. The molecule has 1 saturated carbocycles. The van der Waals surface area contributed by atoms with Crippen molar-refractivity contribution in [3.63, 3.8) is 0 Å². The Kier molecular flexibility index (Phi) is 3.50. The highest BCUT2D eigenvalue weighted by atomic mass is 19.1. The smallest absolute Gasteiger partial charge is 0.243 e. The number of nitrogens with zero attached hydrogens (tertiary/aromatic N) is 3. The van der Waals surface area contributed by atoms with E-state index >= 15 is 0 Å². The number of ether oxygens (including phenoxy) is 1. The Balaban J connectivity index is 1.54. The van der Waals surface area contributed by atoms with Crippen molar-refractivity contribution in [1.29, 1.82) is 5.26 Å². The number of halogens is 1. The van der Waals surface area contributed by atoms with E-state index in [-0.39, 0.29) is 17.9 Å². The molecular formula is C15H16FN3O2. The predicted octanol–water partition coefficient (Wildman–Crippen LogP) is 1.89. The number of nitriles is 1. The summed E-state index contributed by atoms with van der Waals surface area (Å²) in [5, 5.41) is 9.06. The van der Waals surface area contributed by atoms with Gasteiger partial charge in [0.1, 0.15) is 11.5 Å². The number of hydrogen-bond acceptors (Lipinski definition) is 4. The molecule has 2 heterocycles. The minimum atomic E-state index is -0.752. The van der Waals surface area contributed by atoms with Gasteiger partial charge < -0.3 is 9.64 Å². The molecule has 1 saturated heterocycles. The number of likely N-dealkylation sites (tertiary alicyclic amines) is 1. The molecule has 2 fully saturated rings. The molecular weight excluding hydrogens is 273 g/mol. The lowest BCUT2D eigenvalue weighted by Gasteiger charge is -2.33. The maximum atomic E-state index is 13.0. The van der Waals surface area contributed by atoms with Gasteiger partial charge in [0.15, 0.2) is 0 Å². The van der Waals surface area contributed by atoms with Gasteiger partial charge in [0.2, 0.25) is 17.7 Å². The van der Waals surface area contributed by atoms with E-state index in [0.717, 1.165) is 0 Å². The summed E-state index contributed by atoms with van der Waals surface area (Å²) >= 11 is 0. The Labute approximate surface area is 122 Å². The SMILES string of the molecule is N#CC1(C(=O)N2CCC(Oc3cccc(F)n3)CC2)CC1. The normalized spacial score (nSPS) is 20.7. The lowest BCUT2D eigenvalue weighted by molar-refractivity contribution is -0.136. The van der Waals surface area contributed by atoms with E-state index in [0.29, 0.717) is 38.8 Å². The van der Waals surface area contributed by atoms with Gasteiger partial charge in [-0.05, 0) is 18.9 Å². The lowest BCUT2D eigenvalue weighted by atomic mass is 10.0. The van der Waals surface area contributed by atoms with Crippen LogP contribution in [-0.4, -0.2) is 35.0 Å². The highest BCUT2D eigenvalue weighted by molar-refractivity contribution is 5.88. The number of amides is 1. The van der Waals surface area contributed by atoms with Crippen LogP contribution in [0.5, 0.6) is 5.88 Å². The highest BCUT2D eigenvalue weighted by Crippen LogP contribution is 2.46. The quantitative estimate of drug-likeness (QED) is 0.797. The molecule has 1 aromatic rings. The van der Waals surface area contributed by atoms with Crippen LogP contribution in [0.15, 0.2) is 18.2 Å². The minimum Gasteiger partial charge on any atom is -0.474 e. The van der Waals surface area contributed by atoms with Gasteiger partial charge in [0.25, 0.3) is 0 Å². The van der Waals surface area contributed by atoms with Gasteiger partial charge in [-0.25, -0.2) is 0 Å². The summed E-state index contributed by atoms with van der Waals surface area (Å²) in [6.07, 6.45) is 2.62. The van der Waals surface area contributed by atoms with Crippen molar-refractivity contribution in [2.75, 3.05) is 13.1 Å². The van der Waals surface area contributed by atoms with Gasteiger partial charge in [-0.15, -0.1) is 0 Å². The number of carbonyl (C=O) groups is 1. The van der Waals surface area contributed by atoms with Crippen LogP contribution in [0.4, 0.5) is 4.39 Å². The number of rotatable bonds is 3. The minimum absolute atomic E-state index is 0.0488. The average Bonchev–Trinajstić information content (AvgIpc) is 3.28. The zero-order valence-electron chi connectivity index (χ0n) is 11.6. The topological polar surface area (TPSA) is 66.2 Å². The monoisotopic (exact) mass is 289 g/mol. The summed E-state index contributed by atoms with van der Waals surface area (Å²) < 4.78 is 18.6. The first kappa shape index (κ1) is 13.8. The van der Waals surface area contributed by atoms with Gasteiger partial charge in [-0.3, -0.25) is 4.79 Å². The maximum Gasteiger partial charge on any atom is 0.243 e. The Bertz CT molecular complexity index is 587. The first-order valence-corrected chi connectivity index (χ1v) is 7.13. The molecule has 0 N–H and O–H groups in total. The number of pyridine rings is 1. The number of piperidine rings is 1. The molecule has 1 aliphatic heterocycles. The van der Waals surface area contributed by atoms with E-state index in [1.54, 1.807) is 17.0 Å². The van der Waals surface area contributed by atoms with Crippen LogP contribution in [-0.2, 0) is 4.79 Å². The van der Waals surface area contributed by atoms with E-state index in [2.05, 4.69) is 11.1 Å². The van der Waals surface area contributed by atoms with Gasteiger partial charge in [-0.1, -0.05) is 6.07 Å². The molecule has 6 heteroatoms. The second kappa shape index (κ2) is 5.32. The molecule has 1 aromatic heterocycles. The first-order valence-electron chi connectivity index (χ1n) is 7.13. The average molecular weight is 289 g/mol. The van der Waals surface area contributed by atoms with Gasteiger partial charge >= 0.3 is 0 Å². The van der Waals surface area contributed by atoms with E-state index < -0.39 is 11.4 Å². The molecule has 5 nitrogen and oxygen atoms in total. The fraction of sp³-hybridized carbons (Fsp3) is 0.533. The van der Waals surface area contributed by atoms with Crippen molar-refractivity contribution in [1.82, 2.24) is 9.88 Å². The molecule has 3 rings (SSSR count). The van der Waals surface area contributed by atoms with Gasteiger partial charge in [-0.2, -0.15) is 14.6 Å². The summed E-state index contributed by atoms with van der Waals surface area (Å²) in [6.45, 7) is 1.14. The molecule has 0 unspecified atom stereocenters. The molecule has 21 heavy (non-hydrogen) atoms. The number of hydrogen-bond donors (Lipinski definition) is 0. The Morgan fingerprint density at radius 3 is 2.71 bits per heavy atom. The van der Waals surface area contributed by atoms with Crippen molar-refractivity contribution in [2.24, 2.45) is 5.41 Å². The molecule has 0 radical (unpaired) electrons. The highest BCUT2D eigenvalue weighted by Gasteiger charge is 2.52. The lowest BCUT2D eigenvalue weighted by Crippen LogP contribution is -2.44. The van der Waals surface area contributed by atoms with Crippen molar-refractivity contribution in [3.05, 3.63) is 24.1 Å². The Hall–Kier alpha value is -2.16. The molecule has 2 aliphatic rings. The summed E-state index contributed by atoms with van der Waals surface area (Å²) in [5.74, 6) is -0.340. The summed E-state index contributed by atoms with van der Waals surface area (Å²) in [6, 6.07) is 6.58. The zero-order chi connectivity index (χ0) is 14.9. The van der Waals surface area contributed by atoms with E-state index in [1.807, 2.05) is 0 Å². The molecule has 110 valence electrons. The van der Waals surface area contributed by atoms with E-state index in [1.165, 1.54) is 6.07 Å². The fourth-order valence-electron chi connectivity index (χ4n) is 2.60. The van der Waals surface area contributed by atoms with Crippen LogP contribution in [0.3, 0.4) is 0 Å². The van der Waals surface area contributed by atoms with Gasteiger partial charge in [0.05, 0.1) is 6.07 Å². The second-order valence-corrected chi connectivity index (χ2v) is 5.60. The second-order valence-electron chi connectivity index (χ2n) is 5.60. The number of aromatic nitrogens is 1. The third kappa shape index (κ3) is 2.82. The molecule has 0 aromatic carbocycles. The van der Waals surface area contributed by atoms with E-state index in [9.17, 15) is 9.18 Å². The zero-order valence-corrected chi connectivity index (χ0v) is 11.6. The van der Waals surface area contributed by atoms with Crippen molar-refractivity contribution in [2.45, 2.75) is 31.8 Å². The largest absolute Gasteiger partial charge is 0.474 e. The molecule has 0 spiro atoms. The van der Waals surface area contributed by atoms with Crippen LogP contribution in [0.2, 0.25) is 0 Å².